The molecule has 0 amide bonds. The molecular formula is C31H25FN6O5. The van der Waals surface area contributed by atoms with Gasteiger partial charge in [0.25, 0.3) is 0 Å². The van der Waals surface area contributed by atoms with E-state index in [1.54, 1.807) is 36.5 Å². The molecule has 4 heterocycles. The van der Waals surface area contributed by atoms with Crippen molar-refractivity contribution in [3.8, 4) is 29.1 Å². The fourth-order valence-corrected chi connectivity index (χ4v) is 4.77. The van der Waals surface area contributed by atoms with Gasteiger partial charge in [0, 0.05) is 24.4 Å². The molecule has 6 rings (SSSR count). The Bertz CT molecular complexity index is 1880. The van der Waals surface area contributed by atoms with Crippen molar-refractivity contribution in [1.29, 1.82) is 5.26 Å². The third-order valence-corrected chi connectivity index (χ3v) is 7.12. The molecule has 43 heavy (non-hydrogen) atoms. The van der Waals surface area contributed by atoms with Crippen LogP contribution < -0.4 is 9.47 Å². The number of rotatable bonds is 10. The molecule has 1 saturated heterocycles. The van der Waals surface area contributed by atoms with E-state index in [0.29, 0.717) is 58.5 Å². The predicted octanol–water partition coefficient (Wildman–Crippen LogP) is 4.56. The van der Waals surface area contributed by atoms with Crippen molar-refractivity contribution < 1.29 is 28.5 Å². The Morgan fingerprint density at radius 2 is 2.05 bits per heavy atom. The van der Waals surface area contributed by atoms with Crippen LogP contribution in [0.2, 0.25) is 0 Å². The summed E-state index contributed by atoms with van der Waals surface area (Å²) in [6.07, 6.45) is 2.82. The summed E-state index contributed by atoms with van der Waals surface area (Å²) in [5.41, 5.74) is 3.11. The molecule has 11 nitrogen and oxygen atoms in total. The molecule has 0 spiro atoms. The Morgan fingerprint density at radius 3 is 2.77 bits per heavy atom. The van der Waals surface area contributed by atoms with Gasteiger partial charge in [-0.1, -0.05) is 12.1 Å². The monoisotopic (exact) mass is 580 g/mol. The van der Waals surface area contributed by atoms with Gasteiger partial charge in [0.15, 0.2) is 0 Å². The van der Waals surface area contributed by atoms with Crippen LogP contribution in [0.15, 0.2) is 60.8 Å². The third kappa shape index (κ3) is 5.84. The Labute approximate surface area is 245 Å². The van der Waals surface area contributed by atoms with Crippen molar-refractivity contribution >= 4 is 17.0 Å². The summed E-state index contributed by atoms with van der Waals surface area (Å²) in [6, 6.07) is 16.1. The Hall–Kier alpha value is -5.41. The number of nitrogens with zero attached hydrogens (tertiary/aromatic N) is 6. The second-order valence-corrected chi connectivity index (χ2v) is 9.88. The van der Waals surface area contributed by atoms with E-state index in [-0.39, 0.29) is 36.1 Å². The number of methoxy groups -OCH3 is 1. The fourth-order valence-electron chi connectivity index (χ4n) is 4.77. The summed E-state index contributed by atoms with van der Waals surface area (Å²) in [5, 5.41) is 18.4. The first-order valence-corrected chi connectivity index (χ1v) is 13.4. The number of carbonyl (C=O) groups is 1. The third-order valence-electron chi connectivity index (χ3n) is 7.12. The number of carboxylic acids is 1. The van der Waals surface area contributed by atoms with Crippen LogP contribution in [0.4, 0.5) is 4.39 Å². The van der Waals surface area contributed by atoms with Crippen LogP contribution in [0.3, 0.4) is 0 Å². The number of aromatic nitrogens is 5. The Kier molecular flexibility index (Phi) is 7.63. The van der Waals surface area contributed by atoms with Gasteiger partial charge in [-0.25, -0.2) is 24.1 Å². The maximum absolute atomic E-state index is 14.3. The SMILES string of the molecule is COc1nc(Cc2nc3ccc(C(=O)O)cc3n2C[C@@H]2CCO2)ncc1-c1cccc(OCc2ccc(C#N)cc2F)n1. The van der Waals surface area contributed by atoms with Crippen LogP contribution >= 0.6 is 0 Å². The van der Waals surface area contributed by atoms with E-state index in [1.165, 1.54) is 25.3 Å². The van der Waals surface area contributed by atoms with Gasteiger partial charge in [-0.05, 0) is 42.8 Å². The molecule has 0 aliphatic carbocycles. The van der Waals surface area contributed by atoms with E-state index in [1.807, 2.05) is 10.6 Å². The highest BCUT2D eigenvalue weighted by atomic mass is 19.1. The minimum absolute atomic E-state index is 0.0245. The van der Waals surface area contributed by atoms with E-state index in [0.717, 1.165) is 12.5 Å². The number of hydrogen-bond acceptors (Lipinski definition) is 9. The van der Waals surface area contributed by atoms with Crippen LogP contribution in [0, 0.1) is 17.1 Å². The second kappa shape index (κ2) is 11.8. The standard InChI is InChI=1S/C31H25FN6O5/c1-41-30-22(24-3-2-4-29(36-24)43-17-20-6-5-18(14-33)11-23(20)32)15-34-27(37-30)13-28-35-25-8-7-19(31(39)40)12-26(25)38(28)16-21-9-10-42-21/h2-8,11-12,15,21H,9-10,13,16-17H2,1H3,(H,39,40)/t21-/m0/s1. The number of hydrogen-bond donors (Lipinski definition) is 1. The summed E-state index contributed by atoms with van der Waals surface area (Å²) in [4.78, 5) is 30.0. The van der Waals surface area contributed by atoms with Gasteiger partial charge in [-0.15, -0.1) is 0 Å². The van der Waals surface area contributed by atoms with Crippen molar-refractivity contribution in [3.63, 3.8) is 0 Å². The lowest BCUT2D eigenvalue weighted by molar-refractivity contribution is -0.0589. The lowest BCUT2D eigenvalue weighted by Crippen LogP contribution is -2.31. The molecule has 1 aliphatic heterocycles. The van der Waals surface area contributed by atoms with Crippen molar-refractivity contribution in [2.24, 2.45) is 0 Å². The average Bonchev–Trinajstić information content (AvgIpc) is 3.33. The first-order chi connectivity index (χ1) is 20.9. The highest BCUT2D eigenvalue weighted by Gasteiger charge is 2.23. The summed E-state index contributed by atoms with van der Waals surface area (Å²) in [5.74, 6) is 0.146. The molecule has 0 bridgehead atoms. The first-order valence-electron chi connectivity index (χ1n) is 13.4. The van der Waals surface area contributed by atoms with Crippen molar-refractivity contribution in [1.82, 2.24) is 24.5 Å². The molecule has 1 fully saturated rings. The topological polar surface area (TPSA) is 145 Å². The molecule has 3 aromatic heterocycles. The molecule has 1 atom stereocenters. The van der Waals surface area contributed by atoms with E-state index >= 15 is 0 Å². The zero-order valence-electron chi connectivity index (χ0n) is 23.0. The second-order valence-electron chi connectivity index (χ2n) is 9.88. The minimum atomic E-state index is -1.01. The number of nitriles is 1. The Morgan fingerprint density at radius 1 is 1.19 bits per heavy atom. The van der Waals surface area contributed by atoms with Crippen LogP contribution in [0.25, 0.3) is 22.3 Å². The summed E-state index contributed by atoms with van der Waals surface area (Å²) in [6.45, 7) is 1.16. The summed E-state index contributed by atoms with van der Waals surface area (Å²) in [7, 11) is 1.50. The quantitative estimate of drug-likeness (QED) is 0.249. The number of aromatic carboxylic acids is 1. The predicted molar refractivity (Wildman–Crippen MR) is 151 cm³/mol. The number of imidazole rings is 1. The lowest BCUT2D eigenvalue weighted by Gasteiger charge is -2.27. The molecular weight excluding hydrogens is 555 g/mol. The number of pyridine rings is 1. The van der Waals surface area contributed by atoms with Gasteiger partial charge in [0.2, 0.25) is 11.8 Å². The fraction of sp³-hybridized carbons (Fsp3) is 0.226. The summed E-state index contributed by atoms with van der Waals surface area (Å²) >= 11 is 0. The van der Waals surface area contributed by atoms with Gasteiger partial charge in [0.05, 0.1) is 65.7 Å². The van der Waals surface area contributed by atoms with Crippen LogP contribution in [-0.4, -0.2) is 55.4 Å². The molecule has 1 aliphatic rings. The van der Waals surface area contributed by atoms with E-state index in [2.05, 4.69) is 15.0 Å². The number of benzene rings is 2. The number of carboxylic acid groups (broad SMARTS) is 1. The van der Waals surface area contributed by atoms with Crippen molar-refractivity contribution in [2.75, 3.05) is 13.7 Å². The molecule has 216 valence electrons. The summed E-state index contributed by atoms with van der Waals surface area (Å²) < 4.78 is 33.2. The largest absolute Gasteiger partial charge is 0.480 e. The first kappa shape index (κ1) is 27.7. The number of fused-ring (bicyclic) bond motifs is 1. The molecule has 0 saturated carbocycles. The van der Waals surface area contributed by atoms with Crippen molar-refractivity contribution in [3.05, 3.63) is 95.0 Å². The van der Waals surface area contributed by atoms with Crippen molar-refractivity contribution in [2.45, 2.75) is 32.1 Å². The van der Waals surface area contributed by atoms with Crippen LogP contribution in [0.5, 0.6) is 11.8 Å². The zero-order chi connectivity index (χ0) is 29.9. The average molecular weight is 581 g/mol. The number of halogens is 1. The number of ether oxygens (including phenoxy) is 3. The van der Waals surface area contributed by atoms with Gasteiger partial charge in [0.1, 0.15) is 24.1 Å². The highest BCUT2D eigenvalue weighted by molar-refractivity contribution is 5.92. The maximum atomic E-state index is 14.3. The minimum Gasteiger partial charge on any atom is -0.480 e. The molecule has 2 aromatic carbocycles. The highest BCUT2D eigenvalue weighted by Crippen LogP contribution is 2.29. The maximum Gasteiger partial charge on any atom is 0.335 e. The van der Waals surface area contributed by atoms with Gasteiger partial charge in [-0.3, -0.25) is 0 Å². The van der Waals surface area contributed by atoms with E-state index < -0.39 is 11.8 Å². The lowest BCUT2D eigenvalue weighted by atomic mass is 10.1. The van der Waals surface area contributed by atoms with E-state index in [4.69, 9.17) is 24.5 Å². The van der Waals surface area contributed by atoms with Gasteiger partial charge < -0.3 is 23.9 Å². The van der Waals surface area contributed by atoms with E-state index in [9.17, 15) is 14.3 Å². The zero-order valence-corrected chi connectivity index (χ0v) is 23.0. The van der Waals surface area contributed by atoms with Crippen LogP contribution in [-0.2, 0) is 24.3 Å². The van der Waals surface area contributed by atoms with Gasteiger partial charge >= 0.3 is 5.97 Å². The molecule has 12 heteroatoms. The van der Waals surface area contributed by atoms with Crippen LogP contribution in [0.1, 0.15) is 39.6 Å². The molecule has 5 aromatic rings. The molecule has 0 radical (unpaired) electrons. The molecule has 0 unspecified atom stereocenters. The van der Waals surface area contributed by atoms with Gasteiger partial charge in [-0.2, -0.15) is 10.2 Å². The normalized spacial score (nSPS) is 14.2. The Balaban J connectivity index is 1.25. The smallest absolute Gasteiger partial charge is 0.335 e. The molecule has 1 N–H and O–H groups in total.